The van der Waals surface area contributed by atoms with Crippen molar-refractivity contribution in [3.8, 4) is 5.75 Å². The molecule has 0 aliphatic carbocycles. The standard InChI is InChI=1S/C21H15N3O3S/c1-27-15-8-6-13(7-9-15)18(25)11-20-24-21(26)19(28-20)10-14-12-22-16-4-2-3-5-17(16)23-14/h2-12H,1H3,(H,24,26)/b19-10+,20-11+. The van der Waals surface area contributed by atoms with E-state index < -0.39 is 0 Å². The van der Waals surface area contributed by atoms with E-state index >= 15 is 0 Å². The largest absolute Gasteiger partial charge is 0.497 e. The molecule has 0 bridgehead atoms. The summed E-state index contributed by atoms with van der Waals surface area (Å²) in [5.41, 5.74) is 2.37. The average molecular weight is 389 g/mol. The van der Waals surface area contributed by atoms with Crippen LogP contribution in [0, 0.1) is 0 Å². The molecule has 1 N–H and O–H groups in total. The summed E-state index contributed by atoms with van der Waals surface area (Å²) < 4.78 is 6.02. The zero-order chi connectivity index (χ0) is 19.5. The first kappa shape index (κ1) is 17.8. The van der Waals surface area contributed by atoms with Crippen LogP contribution in [0.5, 0.6) is 5.75 Å². The van der Waals surface area contributed by atoms with Crippen LogP contribution in [0.15, 0.2) is 59.5 Å². The van der Waals surface area contributed by atoms with Crippen molar-refractivity contribution in [3.63, 3.8) is 0 Å². The van der Waals surface area contributed by atoms with E-state index in [0.717, 1.165) is 11.0 Å². The van der Waals surface area contributed by atoms with Crippen LogP contribution in [0.3, 0.4) is 0 Å². The number of aromatic amines is 1. The quantitative estimate of drug-likeness (QED) is 0.539. The predicted molar refractivity (Wildman–Crippen MR) is 109 cm³/mol. The number of nitrogens with zero attached hydrogens (tertiary/aromatic N) is 2. The van der Waals surface area contributed by atoms with E-state index in [9.17, 15) is 9.59 Å². The van der Waals surface area contributed by atoms with Crippen LogP contribution in [-0.4, -0.2) is 27.8 Å². The van der Waals surface area contributed by atoms with Crippen molar-refractivity contribution in [2.45, 2.75) is 0 Å². The molecule has 0 saturated carbocycles. The molecule has 0 fully saturated rings. The molecule has 138 valence electrons. The normalized spacial score (nSPS) is 12.5. The maximum Gasteiger partial charge on any atom is 0.266 e. The number of aromatic nitrogens is 3. The third-order valence-corrected chi connectivity index (χ3v) is 5.03. The SMILES string of the molecule is COc1ccc(C(=O)/C=c2\[nH]c(=O)/c(=C\c3cnc4ccccc4n3)s2)cc1. The topological polar surface area (TPSA) is 84.9 Å². The number of benzene rings is 2. The number of para-hydroxylation sites is 2. The summed E-state index contributed by atoms with van der Waals surface area (Å²) in [6, 6.07) is 14.3. The Hall–Kier alpha value is -3.58. The average Bonchev–Trinajstić information content (AvgIpc) is 3.06. The molecular formula is C21H15N3O3S. The third kappa shape index (κ3) is 3.74. The van der Waals surface area contributed by atoms with E-state index in [-0.39, 0.29) is 11.3 Å². The zero-order valence-electron chi connectivity index (χ0n) is 14.9. The molecule has 0 aliphatic heterocycles. The van der Waals surface area contributed by atoms with Crippen molar-refractivity contribution < 1.29 is 9.53 Å². The van der Waals surface area contributed by atoms with Gasteiger partial charge in [0.25, 0.3) is 5.56 Å². The van der Waals surface area contributed by atoms with Crippen molar-refractivity contribution in [3.05, 3.63) is 85.5 Å². The number of rotatable bonds is 4. The second kappa shape index (κ2) is 7.58. The monoisotopic (exact) mass is 389 g/mol. The Balaban J connectivity index is 1.68. The highest BCUT2D eigenvalue weighted by Gasteiger charge is 2.04. The highest BCUT2D eigenvalue weighted by atomic mass is 32.1. The lowest BCUT2D eigenvalue weighted by molar-refractivity contribution is 0.106. The molecule has 7 heteroatoms. The van der Waals surface area contributed by atoms with Crippen LogP contribution in [0.2, 0.25) is 0 Å². The number of Topliss-reactive ketones (excluding diaryl/α,β-unsaturated/α-hetero) is 1. The second-order valence-corrected chi connectivity index (χ2v) is 7.03. The van der Waals surface area contributed by atoms with Gasteiger partial charge in [0.2, 0.25) is 0 Å². The molecule has 0 spiro atoms. The fourth-order valence-electron chi connectivity index (χ4n) is 2.66. The van der Waals surface area contributed by atoms with E-state index in [0.29, 0.717) is 26.2 Å². The van der Waals surface area contributed by atoms with Crippen molar-refractivity contribution in [2.75, 3.05) is 7.11 Å². The highest BCUT2D eigenvalue weighted by Crippen LogP contribution is 2.12. The molecule has 0 radical (unpaired) electrons. The van der Waals surface area contributed by atoms with Crippen molar-refractivity contribution in [2.24, 2.45) is 0 Å². The first-order chi connectivity index (χ1) is 13.6. The van der Waals surface area contributed by atoms with Gasteiger partial charge in [0.05, 0.1) is 39.2 Å². The third-order valence-electron chi connectivity index (χ3n) is 4.06. The van der Waals surface area contributed by atoms with Crippen LogP contribution < -0.4 is 19.5 Å². The fourth-order valence-corrected chi connectivity index (χ4v) is 3.53. The lowest BCUT2D eigenvalue weighted by Crippen LogP contribution is -2.20. The first-order valence-electron chi connectivity index (χ1n) is 8.45. The van der Waals surface area contributed by atoms with Gasteiger partial charge in [0.1, 0.15) is 5.75 Å². The molecule has 0 unspecified atom stereocenters. The van der Waals surface area contributed by atoms with Gasteiger partial charge in [-0.1, -0.05) is 12.1 Å². The minimum Gasteiger partial charge on any atom is -0.497 e. The van der Waals surface area contributed by atoms with Gasteiger partial charge in [0, 0.05) is 11.6 Å². The molecule has 0 amide bonds. The summed E-state index contributed by atoms with van der Waals surface area (Å²) >= 11 is 1.20. The molecule has 6 nitrogen and oxygen atoms in total. The van der Waals surface area contributed by atoms with Crippen LogP contribution in [0.1, 0.15) is 16.1 Å². The Bertz CT molecular complexity index is 1340. The molecule has 0 aliphatic rings. The van der Waals surface area contributed by atoms with E-state index in [1.807, 2.05) is 24.3 Å². The van der Waals surface area contributed by atoms with Gasteiger partial charge in [-0.3, -0.25) is 14.6 Å². The van der Waals surface area contributed by atoms with E-state index in [4.69, 9.17) is 4.74 Å². The number of thiazole rings is 1. The number of ether oxygens (including phenoxy) is 1. The van der Waals surface area contributed by atoms with Crippen LogP contribution in [0.4, 0.5) is 0 Å². The van der Waals surface area contributed by atoms with Gasteiger partial charge < -0.3 is 9.72 Å². The van der Waals surface area contributed by atoms with Crippen molar-refractivity contribution >= 4 is 40.3 Å². The van der Waals surface area contributed by atoms with Gasteiger partial charge in [-0.05, 0) is 42.5 Å². The van der Waals surface area contributed by atoms with Gasteiger partial charge in [-0.2, -0.15) is 0 Å². The number of carbonyl (C=O) groups is 1. The zero-order valence-corrected chi connectivity index (χ0v) is 15.7. The summed E-state index contributed by atoms with van der Waals surface area (Å²) in [5.74, 6) is 0.478. The number of hydrogen-bond acceptors (Lipinski definition) is 6. The number of methoxy groups -OCH3 is 1. The number of ketones is 1. The van der Waals surface area contributed by atoms with Gasteiger partial charge in [0.15, 0.2) is 5.78 Å². The molecule has 0 atom stereocenters. The Kier molecular flexibility index (Phi) is 4.82. The molecule has 4 rings (SSSR count). The summed E-state index contributed by atoms with van der Waals surface area (Å²) in [4.78, 5) is 36.2. The summed E-state index contributed by atoms with van der Waals surface area (Å²) in [5, 5.41) is 0. The molecule has 28 heavy (non-hydrogen) atoms. The maximum absolute atomic E-state index is 12.4. The molecular weight excluding hydrogens is 374 g/mol. The van der Waals surface area contributed by atoms with Crippen molar-refractivity contribution in [1.82, 2.24) is 15.0 Å². The number of hydrogen-bond donors (Lipinski definition) is 1. The molecule has 2 aromatic heterocycles. The highest BCUT2D eigenvalue weighted by molar-refractivity contribution is 7.07. The Morgan fingerprint density at radius 3 is 2.61 bits per heavy atom. The van der Waals surface area contributed by atoms with Gasteiger partial charge in [-0.15, -0.1) is 11.3 Å². The minimum absolute atomic E-state index is 0.197. The number of nitrogens with one attached hydrogen (secondary N) is 1. The first-order valence-corrected chi connectivity index (χ1v) is 9.27. The summed E-state index contributed by atoms with van der Waals surface area (Å²) in [7, 11) is 1.57. The second-order valence-electron chi connectivity index (χ2n) is 5.95. The summed E-state index contributed by atoms with van der Waals surface area (Å²) in [6.07, 6.45) is 4.70. The van der Waals surface area contributed by atoms with E-state index in [1.165, 1.54) is 17.4 Å². The molecule has 0 saturated heterocycles. The number of H-pyrrole nitrogens is 1. The fraction of sp³-hybridized carbons (Fsp3) is 0.0476. The smallest absolute Gasteiger partial charge is 0.266 e. The molecule has 4 aromatic rings. The van der Waals surface area contributed by atoms with Gasteiger partial charge >= 0.3 is 0 Å². The maximum atomic E-state index is 12.4. The number of carbonyl (C=O) groups excluding carboxylic acids is 1. The molecule has 2 heterocycles. The Labute approximate surface area is 163 Å². The predicted octanol–water partition coefficient (Wildman–Crippen LogP) is 1.88. The van der Waals surface area contributed by atoms with Crippen LogP contribution in [-0.2, 0) is 0 Å². The van der Waals surface area contributed by atoms with E-state index in [1.54, 1.807) is 43.6 Å². The Morgan fingerprint density at radius 1 is 1.11 bits per heavy atom. The van der Waals surface area contributed by atoms with Gasteiger partial charge in [-0.25, -0.2) is 4.98 Å². The summed E-state index contributed by atoms with van der Waals surface area (Å²) in [6.45, 7) is 0. The lowest BCUT2D eigenvalue weighted by atomic mass is 10.1. The van der Waals surface area contributed by atoms with Crippen LogP contribution >= 0.6 is 11.3 Å². The molecule has 2 aromatic carbocycles. The minimum atomic E-state index is -0.270. The van der Waals surface area contributed by atoms with Crippen LogP contribution in [0.25, 0.3) is 23.2 Å². The van der Waals surface area contributed by atoms with Crippen molar-refractivity contribution in [1.29, 1.82) is 0 Å². The van der Waals surface area contributed by atoms with E-state index in [2.05, 4.69) is 15.0 Å². The lowest BCUT2D eigenvalue weighted by Gasteiger charge is -1.99. The number of fused-ring (bicyclic) bond motifs is 1. The Morgan fingerprint density at radius 2 is 1.86 bits per heavy atom.